The Kier molecular flexibility index (Phi) is 5.96. The van der Waals surface area contributed by atoms with Crippen LogP contribution in [0.15, 0.2) is 41.8 Å². The number of morpholine rings is 1. The van der Waals surface area contributed by atoms with E-state index in [9.17, 15) is 9.18 Å². The number of amides is 1. The van der Waals surface area contributed by atoms with E-state index in [1.807, 2.05) is 6.07 Å². The largest absolute Gasteiger partial charge is 0.379 e. The quantitative estimate of drug-likeness (QED) is 0.873. The predicted octanol–water partition coefficient (Wildman–Crippen LogP) is 2.62. The van der Waals surface area contributed by atoms with Gasteiger partial charge in [-0.1, -0.05) is 18.2 Å². The van der Waals surface area contributed by atoms with Crippen molar-refractivity contribution in [1.82, 2.24) is 10.2 Å². The van der Waals surface area contributed by atoms with Crippen molar-refractivity contribution in [2.75, 3.05) is 32.8 Å². The lowest BCUT2D eigenvalue weighted by Crippen LogP contribution is -2.43. The van der Waals surface area contributed by atoms with Crippen LogP contribution in [0.2, 0.25) is 0 Å². The molecule has 0 spiro atoms. The molecule has 0 bridgehead atoms. The number of rotatable bonds is 6. The van der Waals surface area contributed by atoms with Crippen molar-refractivity contribution in [3.05, 3.63) is 58.0 Å². The zero-order valence-corrected chi connectivity index (χ0v) is 14.2. The van der Waals surface area contributed by atoms with Crippen molar-refractivity contribution in [3.63, 3.8) is 0 Å². The molecule has 1 amide bonds. The Balaban J connectivity index is 1.58. The minimum atomic E-state index is -0.288. The maximum Gasteiger partial charge on any atom is 0.224 e. The number of thiophene rings is 1. The Morgan fingerprint density at radius 1 is 1.25 bits per heavy atom. The van der Waals surface area contributed by atoms with E-state index in [2.05, 4.69) is 21.7 Å². The van der Waals surface area contributed by atoms with Crippen LogP contribution < -0.4 is 5.32 Å². The number of halogens is 1. The van der Waals surface area contributed by atoms with Gasteiger partial charge in [-0.2, -0.15) is 0 Å². The van der Waals surface area contributed by atoms with Crippen LogP contribution in [0.4, 0.5) is 4.39 Å². The predicted molar refractivity (Wildman–Crippen MR) is 92.6 cm³/mol. The molecule has 0 aliphatic carbocycles. The molecule has 128 valence electrons. The zero-order chi connectivity index (χ0) is 16.8. The summed E-state index contributed by atoms with van der Waals surface area (Å²) in [5, 5.41) is 5.08. The highest BCUT2D eigenvalue weighted by atomic mass is 32.1. The first-order valence-electron chi connectivity index (χ1n) is 8.09. The molecule has 1 atom stereocenters. The first-order chi connectivity index (χ1) is 11.7. The molecule has 0 saturated carbocycles. The van der Waals surface area contributed by atoms with E-state index in [0.29, 0.717) is 6.54 Å². The summed E-state index contributed by atoms with van der Waals surface area (Å²) < 4.78 is 18.4. The molecule has 1 aliphatic rings. The average Bonchev–Trinajstić information content (AvgIpc) is 3.12. The molecular weight excluding hydrogens is 327 g/mol. The third-order valence-electron chi connectivity index (χ3n) is 4.13. The number of hydrogen-bond donors (Lipinski definition) is 1. The topological polar surface area (TPSA) is 41.6 Å². The van der Waals surface area contributed by atoms with Gasteiger partial charge in [0.1, 0.15) is 5.82 Å². The molecule has 1 N–H and O–H groups in total. The maximum absolute atomic E-state index is 12.9. The van der Waals surface area contributed by atoms with Crippen LogP contribution in [-0.2, 0) is 16.0 Å². The molecule has 0 radical (unpaired) electrons. The van der Waals surface area contributed by atoms with Gasteiger partial charge in [-0.15, -0.1) is 11.3 Å². The number of nitrogens with zero attached hydrogens (tertiary/aromatic N) is 1. The summed E-state index contributed by atoms with van der Waals surface area (Å²) >= 11 is 1.71. The van der Waals surface area contributed by atoms with Crippen molar-refractivity contribution in [2.24, 2.45) is 0 Å². The molecule has 0 unspecified atom stereocenters. The fourth-order valence-corrected chi connectivity index (χ4v) is 3.70. The summed E-state index contributed by atoms with van der Waals surface area (Å²) in [5.74, 6) is -0.333. The van der Waals surface area contributed by atoms with Gasteiger partial charge in [0.25, 0.3) is 0 Å². The van der Waals surface area contributed by atoms with Crippen LogP contribution in [-0.4, -0.2) is 43.7 Å². The smallest absolute Gasteiger partial charge is 0.224 e. The van der Waals surface area contributed by atoms with Crippen molar-refractivity contribution in [2.45, 2.75) is 12.5 Å². The summed E-state index contributed by atoms with van der Waals surface area (Å²) in [6, 6.07) is 10.4. The molecule has 2 heterocycles. The van der Waals surface area contributed by atoms with Gasteiger partial charge >= 0.3 is 0 Å². The van der Waals surface area contributed by atoms with Gasteiger partial charge in [0.2, 0.25) is 5.91 Å². The first-order valence-corrected chi connectivity index (χ1v) is 8.96. The Bertz CT molecular complexity index is 640. The minimum Gasteiger partial charge on any atom is -0.379 e. The van der Waals surface area contributed by atoms with E-state index in [0.717, 1.165) is 31.9 Å². The molecule has 1 aromatic carbocycles. The second-order valence-electron chi connectivity index (χ2n) is 5.79. The van der Waals surface area contributed by atoms with E-state index in [1.165, 1.54) is 17.0 Å². The first kappa shape index (κ1) is 17.1. The van der Waals surface area contributed by atoms with Crippen LogP contribution >= 0.6 is 11.3 Å². The normalized spacial score (nSPS) is 16.7. The van der Waals surface area contributed by atoms with Crippen LogP contribution in [0.5, 0.6) is 0 Å². The summed E-state index contributed by atoms with van der Waals surface area (Å²) in [7, 11) is 0. The van der Waals surface area contributed by atoms with E-state index in [-0.39, 0.29) is 24.2 Å². The fourth-order valence-electron chi connectivity index (χ4n) is 2.84. The van der Waals surface area contributed by atoms with Crippen molar-refractivity contribution in [1.29, 1.82) is 0 Å². The number of benzene rings is 1. The lowest BCUT2D eigenvalue weighted by atomic mass is 10.1. The summed E-state index contributed by atoms with van der Waals surface area (Å²) in [6.07, 6.45) is 0.264. The van der Waals surface area contributed by atoms with Crippen LogP contribution in [0.25, 0.3) is 0 Å². The van der Waals surface area contributed by atoms with Gasteiger partial charge in [-0.25, -0.2) is 4.39 Å². The standard InChI is InChI=1S/C18H21FN2O2S/c19-15-5-3-14(4-6-15)12-18(22)20-13-16(17-2-1-11-24-17)21-7-9-23-10-8-21/h1-6,11,16H,7-10,12-13H2,(H,20,22)/t16-/m0/s1. The van der Waals surface area contributed by atoms with E-state index in [1.54, 1.807) is 23.5 Å². The molecule has 6 heteroatoms. The van der Waals surface area contributed by atoms with E-state index >= 15 is 0 Å². The molecule has 1 aromatic heterocycles. The van der Waals surface area contributed by atoms with Gasteiger partial charge in [0.05, 0.1) is 25.7 Å². The summed E-state index contributed by atoms with van der Waals surface area (Å²) in [5.41, 5.74) is 0.813. The second kappa shape index (κ2) is 8.37. The van der Waals surface area contributed by atoms with Crippen LogP contribution in [0, 0.1) is 5.82 Å². The van der Waals surface area contributed by atoms with Crippen molar-refractivity contribution < 1.29 is 13.9 Å². The van der Waals surface area contributed by atoms with Crippen LogP contribution in [0.3, 0.4) is 0 Å². The molecule has 3 rings (SSSR count). The number of hydrogen-bond acceptors (Lipinski definition) is 4. The SMILES string of the molecule is O=C(Cc1ccc(F)cc1)NC[C@@H](c1cccs1)N1CCOCC1. The Hall–Kier alpha value is -1.76. The van der Waals surface area contributed by atoms with Gasteiger partial charge in [0, 0.05) is 24.5 Å². The Labute approximate surface area is 145 Å². The van der Waals surface area contributed by atoms with Gasteiger partial charge in [-0.05, 0) is 29.1 Å². The van der Waals surface area contributed by atoms with Gasteiger partial charge in [0.15, 0.2) is 0 Å². The molecular formula is C18H21FN2O2S. The monoisotopic (exact) mass is 348 g/mol. The van der Waals surface area contributed by atoms with Crippen molar-refractivity contribution in [3.8, 4) is 0 Å². The van der Waals surface area contributed by atoms with E-state index in [4.69, 9.17) is 4.74 Å². The number of ether oxygens (including phenoxy) is 1. The zero-order valence-electron chi connectivity index (χ0n) is 13.4. The number of nitrogens with one attached hydrogen (secondary N) is 1. The summed E-state index contributed by atoms with van der Waals surface area (Å²) in [4.78, 5) is 15.8. The number of carbonyl (C=O) groups is 1. The van der Waals surface area contributed by atoms with Gasteiger partial charge < -0.3 is 10.1 Å². The lowest BCUT2D eigenvalue weighted by Gasteiger charge is -2.34. The number of carbonyl (C=O) groups excluding carboxylic acids is 1. The highest BCUT2D eigenvalue weighted by Crippen LogP contribution is 2.25. The molecule has 4 nitrogen and oxygen atoms in total. The third kappa shape index (κ3) is 4.63. The third-order valence-corrected chi connectivity index (χ3v) is 5.10. The van der Waals surface area contributed by atoms with Gasteiger partial charge in [-0.3, -0.25) is 9.69 Å². The molecule has 1 fully saturated rings. The molecule has 1 saturated heterocycles. The molecule has 1 aliphatic heterocycles. The molecule has 24 heavy (non-hydrogen) atoms. The Morgan fingerprint density at radius 3 is 2.67 bits per heavy atom. The minimum absolute atomic E-state index is 0.0450. The fraction of sp³-hybridized carbons (Fsp3) is 0.389. The maximum atomic E-state index is 12.9. The highest BCUT2D eigenvalue weighted by molar-refractivity contribution is 7.10. The van der Waals surface area contributed by atoms with Crippen molar-refractivity contribution >= 4 is 17.2 Å². The highest BCUT2D eigenvalue weighted by Gasteiger charge is 2.23. The van der Waals surface area contributed by atoms with E-state index < -0.39 is 0 Å². The summed E-state index contributed by atoms with van der Waals surface area (Å²) in [6.45, 7) is 3.77. The molecule has 2 aromatic rings. The Morgan fingerprint density at radius 2 is 2.00 bits per heavy atom. The average molecular weight is 348 g/mol. The second-order valence-corrected chi connectivity index (χ2v) is 6.77. The lowest BCUT2D eigenvalue weighted by molar-refractivity contribution is -0.120. The van der Waals surface area contributed by atoms with Crippen LogP contribution in [0.1, 0.15) is 16.5 Å².